The normalized spacial score (nSPS) is 10.8. The van der Waals surface area contributed by atoms with Gasteiger partial charge >= 0.3 is 11.9 Å². The first-order valence-electron chi connectivity index (χ1n) is 7.82. The van der Waals surface area contributed by atoms with Gasteiger partial charge in [0.25, 0.3) is 0 Å². The van der Waals surface area contributed by atoms with Gasteiger partial charge in [-0.2, -0.15) is 5.10 Å². The number of hydrogen-bond donors (Lipinski definition) is 3. The van der Waals surface area contributed by atoms with E-state index >= 15 is 0 Å². The Hall–Kier alpha value is -2.94. The highest BCUT2D eigenvalue weighted by molar-refractivity contribution is 5.89. The zero-order valence-electron chi connectivity index (χ0n) is 14.8. The van der Waals surface area contributed by atoms with Gasteiger partial charge in [0.2, 0.25) is 0 Å². The molecule has 0 saturated heterocycles. The molecule has 2 aromatic rings. The second kappa shape index (κ2) is 10.1. The maximum atomic E-state index is 13.6. The van der Waals surface area contributed by atoms with E-state index in [1.54, 1.807) is 13.2 Å². The first-order chi connectivity index (χ1) is 12.3. The fourth-order valence-electron chi connectivity index (χ4n) is 2.08. The Bertz CT molecular complexity index is 772. The van der Waals surface area contributed by atoms with Crippen molar-refractivity contribution in [2.24, 2.45) is 0 Å². The lowest BCUT2D eigenvalue weighted by Gasteiger charge is -2.12. The van der Waals surface area contributed by atoms with Crippen molar-refractivity contribution in [2.75, 3.05) is 27.2 Å². The van der Waals surface area contributed by atoms with Gasteiger partial charge in [0.05, 0.1) is 12.5 Å². The van der Waals surface area contributed by atoms with Crippen molar-refractivity contribution in [2.45, 2.75) is 13.3 Å². The van der Waals surface area contributed by atoms with Crippen LogP contribution in [0.3, 0.4) is 0 Å². The number of nitrogens with zero attached hydrogens (tertiary/aromatic N) is 2. The number of fused-ring (bicyclic) bond motifs is 1. The Labute approximate surface area is 149 Å². The first kappa shape index (κ1) is 21.1. The number of carbonyl (C=O) groups is 2. The van der Waals surface area contributed by atoms with E-state index in [4.69, 9.17) is 14.9 Å². The molecule has 0 bridgehead atoms. The Kier molecular flexibility index (Phi) is 8.23. The van der Waals surface area contributed by atoms with Crippen LogP contribution in [-0.2, 0) is 16.0 Å². The maximum Gasteiger partial charge on any atom is 0.328 e. The number of carboxylic acid groups (broad SMARTS) is 2. The summed E-state index contributed by atoms with van der Waals surface area (Å²) in [6.45, 7) is 3.98. The average Bonchev–Trinajstić information content (AvgIpc) is 3.04. The average molecular weight is 367 g/mol. The van der Waals surface area contributed by atoms with Crippen molar-refractivity contribution in [3.63, 3.8) is 0 Å². The zero-order valence-corrected chi connectivity index (χ0v) is 14.8. The second-order valence-corrected chi connectivity index (χ2v) is 5.33. The quantitative estimate of drug-likeness (QED) is 0.640. The summed E-state index contributed by atoms with van der Waals surface area (Å²) in [5.41, 5.74) is 1.27. The Morgan fingerprint density at radius 1 is 1.31 bits per heavy atom. The van der Waals surface area contributed by atoms with Crippen LogP contribution in [0.4, 0.5) is 4.39 Å². The van der Waals surface area contributed by atoms with Crippen LogP contribution in [0.1, 0.15) is 12.6 Å². The number of methoxy groups -OCH3 is 1. The van der Waals surface area contributed by atoms with Gasteiger partial charge in [0, 0.05) is 30.8 Å². The number of aromatic nitrogens is 2. The second-order valence-electron chi connectivity index (χ2n) is 5.33. The third kappa shape index (κ3) is 6.17. The van der Waals surface area contributed by atoms with Crippen LogP contribution in [0.2, 0.25) is 0 Å². The molecule has 0 aliphatic carbocycles. The summed E-state index contributed by atoms with van der Waals surface area (Å²) in [5, 5.41) is 23.3. The minimum absolute atomic E-state index is 0.322. The first-order valence-corrected chi connectivity index (χ1v) is 7.82. The molecule has 3 N–H and O–H groups in total. The summed E-state index contributed by atoms with van der Waals surface area (Å²) in [6.07, 6.45) is 1.91. The molecule has 2 rings (SSSR count). The molecule has 0 saturated carbocycles. The lowest BCUT2D eigenvalue weighted by atomic mass is 10.1. The lowest BCUT2D eigenvalue weighted by molar-refractivity contribution is -0.134. The molecular weight excluding hydrogens is 345 g/mol. The summed E-state index contributed by atoms with van der Waals surface area (Å²) < 4.78 is 18.9. The molecule has 9 heteroatoms. The smallest absolute Gasteiger partial charge is 0.328 e. The fraction of sp³-hybridized carbons (Fsp3) is 0.353. The number of benzene rings is 1. The van der Waals surface area contributed by atoms with Gasteiger partial charge < -0.3 is 19.8 Å². The van der Waals surface area contributed by atoms with Gasteiger partial charge in [-0.1, -0.05) is 6.92 Å². The summed E-state index contributed by atoms with van der Waals surface area (Å²) in [7, 11) is 3.64. The van der Waals surface area contributed by atoms with E-state index in [1.807, 2.05) is 0 Å². The maximum absolute atomic E-state index is 13.6. The third-order valence-corrected chi connectivity index (χ3v) is 3.57. The third-order valence-electron chi connectivity index (χ3n) is 3.57. The molecule has 0 fully saturated rings. The predicted octanol–water partition coefficient (Wildman–Crippen LogP) is 1.92. The van der Waals surface area contributed by atoms with Crippen LogP contribution in [0.15, 0.2) is 24.3 Å². The highest BCUT2D eigenvalue weighted by Crippen LogP contribution is 2.29. The van der Waals surface area contributed by atoms with E-state index in [-0.39, 0.29) is 5.82 Å². The van der Waals surface area contributed by atoms with E-state index in [0.717, 1.165) is 30.6 Å². The number of nitrogens with one attached hydrogen (secondary N) is 1. The predicted molar refractivity (Wildman–Crippen MR) is 93.9 cm³/mol. The Morgan fingerprint density at radius 2 is 1.92 bits per heavy atom. The van der Waals surface area contributed by atoms with Crippen LogP contribution in [-0.4, -0.2) is 64.5 Å². The molecule has 0 atom stereocenters. The van der Waals surface area contributed by atoms with Crippen LogP contribution in [0.5, 0.6) is 5.75 Å². The van der Waals surface area contributed by atoms with E-state index in [2.05, 4.69) is 29.1 Å². The molecular formula is C17H22FN3O5. The number of rotatable bonds is 7. The molecule has 1 heterocycles. The monoisotopic (exact) mass is 367 g/mol. The molecule has 0 unspecified atom stereocenters. The Balaban J connectivity index is 0.000000359. The van der Waals surface area contributed by atoms with Gasteiger partial charge in [0.1, 0.15) is 11.3 Å². The van der Waals surface area contributed by atoms with Crippen molar-refractivity contribution in [1.82, 2.24) is 15.1 Å². The molecule has 1 aromatic heterocycles. The minimum Gasteiger partial charge on any atom is -0.496 e. The van der Waals surface area contributed by atoms with Crippen molar-refractivity contribution in [3.8, 4) is 5.75 Å². The molecule has 0 amide bonds. The number of likely N-dealkylation sites (N-methyl/N-ethyl adjacent to an activating group) is 1. The summed E-state index contributed by atoms with van der Waals surface area (Å²) in [4.78, 5) is 21.3. The molecule has 142 valence electrons. The fourth-order valence-corrected chi connectivity index (χ4v) is 2.08. The van der Waals surface area contributed by atoms with Crippen LogP contribution in [0, 0.1) is 5.82 Å². The van der Waals surface area contributed by atoms with Crippen molar-refractivity contribution >= 4 is 22.8 Å². The van der Waals surface area contributed by atoms with E-state index in [0.29, 0.717) is 23.4 Å². The molecule has 8 nitrogen and oxygen atoms in total. The van der Waals surface area contributed by atoms with Gasteiger partial charge in [-0.25, -0.2) is 14.0 Å². The zero-order chi connectivity index (χ0) is 19.7. The van der Waals surface area contributed by atoms with Crippen LogP contribution < -0.4 is 4.74 Å². The highest BCUT2D eigenvalue weighted by Gasteiger charge is 2.14. The minimum atomic E-state index is -1.26. The number of H-pyrrole nitrogens is 1. The highest BCUT2D eigenvalue weighted by atomic mass is 19.1. The van der Waals surface area contributed by atoms with Crippen LogP contribution in [0.25, 0.3) is 10.9 Å². The van der Waals surface area contributed by atoms with Gasteiger partial charge in [-0.3, -0.25) is 5.10 Å². The molecule has 0 radical (unpaired) electrons. The summed E-state index contributed by atoms with van der Waals surface area (Å²) in [6, 6.07) is 3.02. The van der Waals surface area contributed by atoms with Crippen molar-refractivity contribution in [1.29, 1.82) is 0 Å². The number of halogens is 1. The standard InChI is InChI=1S/C13H18FN3O.C4H4O4/c1-4-17(2)8-7-10-12-11(18-3)6-5-9(14)13(12)16-15-10;5-3(6)1-2-4(7)8/h5-6H,4,7-8H2,1-3H3,(H,15,16);1-2H,(H,5,6)(H,7,8)/b;2-1+. The largest absolute Gasteiger partial charge is 0.496 e. The van der Waals surface area contributed by atoms with E-state index in [9.17, 15) is 14.0 Å². The summed E-state index contributed by atoms with van der Waals surface area (Å²) >= 11 is 0. The van der Waals surface area contributed by atoms with E-state index < -0.39 is 11.9 Å². The van der Waals surface area contributed by atoms with E-state index in [1.165, 1.54) is 6.07 Å². The number of hydrogen-bond acceptors (Lipinski definition) is 5. The molecule has 26 heavy (non-hydrogen) atoms. The SMILES string of the molecule is CCN(C)CCc1[nH]nc2c(F)ccc(OC)c12.O=C(O)/C=C/C(=O)O. The number of aliphatic carboxylic acids is 2. The van der Waals surface area contributed by atoms with Gasteiger partial charge in [-0.05, 0) is 25.7 Å². The topological polar surface area (TPSA) is 116 Å². The molecule has 0 aliphatic rings. The molecule has 1 aromatic carbocycles. The van der Waals surface area contributed by atoms with Gasteiger partial charge in [-0.15, -0.1) is 0 Å². The van der Waals surface area contributed by atoms with Crippen molar-refractivity contribution in [3.05, 3.63) is 35.8 Å². The van der Waals surface area contributed by atoms with Crippen LogP contribution >= 0.6 is 0 Å². The lowest BCUT2D eigenvalue weighted by Crippen LogP contribution is -2.20. The summed E-state index contributed by atoms with van der Waals surface area (Å²) in [5.74, 6) is -2.17. The molecule has 0 aliphatic heterocycles. The number of aromatic amines is 1. The number of carboxylic acids is 2. The van der Waals surface area contributed by atoms with Gasteiger partial charge in [0.15, 0.2) is 5.82 Å². The Morgan fingerprint density at radius 3 is 2.42 bits per heavy atom. The van der Waals surface area contributed by atoms with Crippen molar-refractivity contribution < 1.29 is 28.9 Å². The number of ether oxygens (including phenoxy) is 1. The molecule has 0 spiro atoms.